The summed E-state index contributed by atoms with van der Waals surface area (Å²) in [6.45, 7) is 9.31. The molecule has 0 aromatic carbocycles. The fourth-order valence-corrected chi connectivity index (χ4v) is 4.54. The Kier molecular flexibility index (Phi) is 5.03. The molecule has 28 heavy (non-hydrogen) atoms. The van der Waals surface area contributed by atoms with Crippen molar-refractivity contribution in [1.82, 2.24) is 25.1 Å². The monoisotopic (exact) mass is 401 g/mol. The number of tetrazole rings is 1. The van der Waals surface area contributed by atoms with Crippen LogP contribution in [0, 0.1) is 0 Å². The number of thiophene rings is 1. The van der Waals surface area contributed by atoms with Crippen LogP contribution in [-0.2, 0) is 5.54 Å². The number of amides is 1. The van der Waals surface area contributed by atoms with Crippen LogP contribution in [0.3, 0.4) is 0 Å². The van der Waals surface area contributed by atoms with E-state index in [9.17, 15) is 4.79 Å². The van der Waals surface area contributed by atoms with E-state index in [1.165, 1.54) is 16.0 Å². The molecular formula is C19H25N6O2S+. The van der Waals surface area contributed by atoms with Crippen LogP contribution in [0.15, 0.2) is 40.3 Å². The molecule has 1 amide bonds. The number of carbonyl (C=O) groups excluding carboxylic acids is 1. The second-order valence-electron chi connectivity index (χ2n) is 8.00. The lowest BCUT2D eigenvalue weighted by Crippen LogP contribution is -3.15. The minimum Gasteiger partial charge on any atom is -0.459 e. The SMILES string of the molecule is CC(C)(C)n1nnnc1[C@H](c1cccs1)[NH+]1CCN(C(=O)c2ccco2)CC1. The summed E-state index contributed by atoms with van der Waals surface area (Å²) in [6.07, 6.45) is 1.54. The topological polar surface area (TPSA) is 81.5 Å². The molecule has 0 saturated carbocycles. The van der Waals surface area contributed by atoms with Gasteiger partial charge in [0.05, 0.1) is 42.9 Å². The van der Waals surface area contributed by atoms with Crippen LogP contribution in [-0.4, -0.2) is 57.2 Å². The average Bonchev–Trinajstić information content (AvgIpc) is 3.43. The van der Waals surface area contributed by atoms with Crippen molar-refractivity contribution >= 4 is 17.2 Å². The van der Waals surface area contributed by atoms with E-state index >= 15 is 0 Å². The van der Waals surface area contributed by atoms with Crippen molar-refractivity contribution in [2.24, 2.45) is 0 Å². The van der Waals surface area contributed by atoms with Crippen LogP contribution >= 0.6 is 11.3 Å². The first-order chi connectivity index (χ1) is 13.4. The molecule has 148 valence electrons. The van der Waals surface area contributed by atoms with E-state index in [0.29, 0.717) is 18.8 Å². The standard InChI is InChI=1S/C19H24N6O2S/c1-19(2,3)25-17(20-21-22-25)16(15-7-5-13-28-15)23-8-10-24(11-9-23)18(26)14-6-4-12-27-14/h4-7,12-13,16H,8-11H2,1-3H3/p+1/t16-/m0/s1. The van der Waals surface area contributed by atoms with E-state index < -0.39 is 0 Å². The first-order valence-electron chi connectivity index (χ1n) is 9.44. The van der Waals surface area contributed by atoms with Crippen molar-refractivity contribution < 1.29 is 14.1 Å². The number of hydrogen-bond donors (Lipinski definition) is 1. The van der Waals surface area contributed by atoms with Gasteiger partial charge in [0.1, 0.15) is 0 Å². The van der Waals surface area contributed by atoms with Gasteiger partial charge in [0.2, 0.25) is 5.82 Å². The third-order valence-corrected chi connectivity index (χ3v) is 5.99. The van der Waals surface area contributed by atoms with Crippen LogP contribution in [0.25, 0.3) is 0 Å². The Morgan fingerprint density at radius 2 is 2.04 bits per heavy atom. The van der Waals surface area contributed by atoms with Gasteiger partial charge in [-0.05, 0) is 54.8 Å². The first kappa shape index (κ1) is 18.8. The van der Waals surface area contributed by atoms with Crippen molar-refractivity contribution in [2.75, 3.05) is 26.2 Å². The maximum absolute atomic E-state index is 12.6. The maximum Gasteiger partial charge on any atom is 0.289 e. The Bertz CT molecular complexity index is 905. The van der Waals surface area contributed by atoms with Crippen LogP contribution in [0.5, 0.6) is 0 Å². The number of nitrogens with zero attached hydrogens (tertiary/aromatic N) is 5. The quantitative estimate of drug-likeness (QED) is 0.711. The van der Waals surface area contributed by atoms with Crippen LogP contribution in [0.2, 0.25) is 0 Å². The molecule has 0 spiro atoms. The highest BCUT2D eigenvalue weighted by molar-refractivity contribution is 7.10. The van der Waals surface area contributed by atoms with Gasteiger partial charge < -0.3 is 14.2 Å². The highest BCUT2D eigenvalue weighted by atomic mass is 32.1. The smallest absolute Gasteiger partial charge is 0.289 e. The summed E-state index contributed by atoms with van der Waals surface area (Å²) >= 11 is 1.72. The number of nitrogens with one attached hydrogen (secondary N) is 1. The number of rotatable bonds is 4. The first-order valence-corrected chi connectivity index (χ1v) is 10.3. The zero-order chi connectivity index (χ0) is 19.7. The van der Waals surface area contributed by atoms with Gasteiger partial charge in [-0.15, -0.1) is 16.4 Å². The largest absolute Gasteiger partial charge is 0.459 e. The molecule has 3 aromatic rings. The summed E-state index contributed by atoms with van der Waals surface area (Å²) in [6, 6.07) is 7.72. The van der Waals surface area contributed by atoms with E-state index in [1.54, 1.807) is 23.5 Å². The van der Waals surface area contributed by atoms with Gasteiger partial charge in [0, 0.05) is 0 Å². The number of quaternary nitrogens is 1. The van der Waals surface area contributed by atoms with Crippen LogP contribution in [0.4, 0.5) is 0 Å². The second kappa shape index (κ2) is 7.48. The Morgan fingerprint density at radius 3 is 2.64 bits per heavy atom. The number of carbonyl (C=O) groups is 1. The maximum atomic E-state index is 12.6. The van der Waals surface area contributed by atoms with E-state index in [0.717, 1.165) is 18.9 Å². The molecule has 4 rings (SSSR count). The number of hydrogen-bond acceptors (Lipinski definition) is 6. The molecule has 4 heterocycles. The molecule has 1 fully saturated rings. The minimum atomic E-state index is -0.204. The number of piperazine rings is 1. The molecule has 9 heteroatoms. The van der Waals surface area contributed by atoms with E-state index in [4.69, 9.17) is 4.42 Å². The van der Waals surface area contributed by atoms with Crippen molar-refractivity contribution in [2.45, 2.75) is 32.4 Å². The van der Waals surface area contributed by atoms with Gasteiger partial charge in [0.15, 0.2) is 11.8 Å². The van der Waals surface area contributed by atoms with E-state index in [-0.39, 0.29) is 17.5 Å². The normalized spacial score (nSPS) is 17.0. The lowest BCUT2D eigenvalue weighted by Gasteiger charge is -2.36. The molecule has 1 atom stereocenters. The summed E-state index contributed by atoms with van der Waals surface area (Å²) in [7, 11) is 0. The van der Waals surface area contributed by atoms with Gasteiger partial charge in [-0.2, -0.15) is 0 Å². The van der Waals surface area contributed by atoms with Gasteiger partial charge >= 0.3 is 0 Å². The highest BCUT2D eigenvalue weighted by Gasteiger charge is 2.37. The summed E-state index contributed by atoms with van der Waals surface area (Å²) in [5, 5.41) is 14.7. The Morgan fingerprint density at radius 1 is 1.25 bits per heavy atom. The molecule has 1 aliphatic heterocycles. The molecule has 3 aromatic heterocycles. The van der Waals surface area contributed by atoms with Gasteiger partial charge in [-0.1, -0.05) is 6.07 Å². The highest BCUT2D eigenvalue weighted by Crippen LogP contribution is 2.25. The second-order valence-corrected chi connectivity index (χ2v) is 8.98. The Labute approximate surface area is 167 Å². The van der Waals surface area contributed by atoms with Crippen molar-refractivity contribution in [3.05, 3.63) is 52.4 Å². The molecule has 1 saturated heterocycles. The summed E-state index contributed by atoms with van der Waals surface area (Å²) in [5.41, 5.74) is -0.204. The third-order valence-electron chi connectivity index (χ3n) is 5.05. The van der Waals surface area contributed by atoms with Crippen molar-refractivity contribution in [3.8, 4) is 0 Å². The summed E-state index contributed by atoms with van der Waals surface area (Å²) in [4.78, 5) is 17.0. The van der Waals surface area contributed by atoms with Crippen molar-refractivity contribution in [1.29, 1.82) is 0 Å². The zero-order valence-electron chi connectivity index (χ0n) is 16.3. The van der Waals surface area contributed by atoms with Gasteiger partial charge in [0.25, 0.3) is 5.91 Å². The molecule has 0 aliphatic carbocycles. The number of aromatic nitrogens is 4. The van der Waals surface area contributed by atoms with Gasteiger partial charge in [-0.25, -0.2) is 4.68 Å². The number of furan rings is 1. The molecule has 1 aliphatic rings. The molecule has 8 nitrogen and oxygen atoms in total. The third kappa shape index (κ3) is 3.59. The van der Waals surface area contributed by atoms with Crippen LogP contribution in [0.1, 0.15) is 48.1 Å². The van der Waals surface area contributed by atoms with Gasteiger partial charge in [-0.3, -0.25) is 4.79 Å². The Hall–Kier alpha value is -2.52. The zero-order valence-corrected chi connectivity index (χ0v) is 17.1. The molecular weight excluding hydrogens is 376 g/mol. The van der Waals surface area contributed by atoms with E-state index in [1.807, 2.05) is 9.58 Å². The summed E-state index contributed by atoms with van der Waals surface area (Å²) < 4.78 is 7.19. The molecule has 0 unspecified atom stereocenters. The molecule has 0 bridgehead atoms. The minimum absolute atomic E-state index is 0.0451. The lowest BCUT2D eigenvalue weighted by molar-refractivity contribution is -0.929. The fraction of sp³-hybridized carbons (Fsp3) is 0.474. The van der Waals surface area contributed by atoms with Crippen LogP contribution < -0.4 is 4.90 Å². The lowest BCUT2D eigenvalue weighted by atomic mass is 10.1. The van der Waals surface area contributed by atoms with Crippen molar-refractivity contribution in [3.63, 3.8) is 0 Å². The molecule has 0 radical (unpaired) electrons. The fourth-order valence-electron chi connectivity index (χ4n) is 3.66. The predicted molar refractivity (Wildman–Crippen MR) is 104 cm³/mol. The average molecular weight is 402 g/mol. The summed E-state index contributed by atoms with van der Waals surface area (Å²) in [5.74, 6) is 1.22. The van der Waals surface area contributed by atoms with E-state index in [2.05, 4.69) is 53.8 Å². The molecule has 1 N–H and O–H groups in total. The Balaban J connectivity index is 1.57. The predicted octanol–water partition coefficient (Wildman–Crippen LogP) is 1.21.